The molecule has 2 amide bonds. The highest BCUT2D eigenvalue weighted by Gasteiger charge is 2.49. The van der Waals surface area contributed by atoms with Gasteiger partial charge in [-0.1, -0.05) is 6.92 Å². The standard InChI is InChI=1S/C8H12F2N2O2/c1-3-4-5(13)11-7(14)8(2,12-4)6(9)10/h4,6,12H,3H2,1-2H3,(H,11,13,14). The molecule has 14 heavy (non-hydrogen) atoms. The van der Waals surface area contributed by atoms with E-state index in [0.29, 0.717) is 6.42 Å². The molecule has 2 N–H and O–H groups in total. The van der Waals surface area contributed by atoms with Gasteiger partial charge < -0.3 is 0 Å². The first-order valence-corrected chi connectivity index (χ1v) is 4.33. The monoisotopic (exact) mass is 206 g/mol. The molecule has 0 spiro atoms. The number of amides is 2. The predicted octanol–water partition coefficient (Wildman–Crippen LogP) is 0.0348. The molecule has 0 radical (unpaired) electrons. The number of hydrogen-bond acceptors (Lipinski definition) is 3. The Balaban J connectivity index is 2.89. The second kappa shape index (κ2) is 3.61. The van der Waals surface area contributed by atoms with Crippen molar-refractivity contribution in [2.45, 2.75) is 38.3 Å². The van der Waals surface area contributed by atoms with Crippen molar-refractivity contribution in [3.05, 3.63) is 0 Å². The molecule has 1 aliphatic heterocycles. The fraction of sp³-hybridized carbons (Fsp3) is 0.750. The van der Waals surface area contributed by atoms with E-state index in [1.165, 1.54) is 0 Å². The van der Waals surface area contributed by atoms with E-state index in [1.807, 2.05) is 5.32 Å². The molecule has 0 aromatic heterocycles. The summed E-state index contributed by atoms with van der Waals surface area (Å²) < 4.78 is 25.1. The highest BCUT2D eigenvalue weighted by molar-refractivity contribution is 6.04. The normalized spacial score (nSPS) is 33.4. The molecular formula is C8H12F2N2O2. The smallest absolute Gasteiger partial charge is 0.265 e. The van der Waals surface area contributed by atoms with Gasteiger partial charge in [0.25, 0.3) is 12.3 Å². The summed E-state index contributed by atoms with van der Waals surface area (Å²) in [4.78, 5) is 22.3. The minimum Gasteiger partial charge on any atom is -0.293 e. The summed E-state index contributed by atoms with van der Waals surface area (Å²) in [5, 5.41) is 4.30. The Hall–Kier alpha value is -1.04. The highest BCUT2D eigenvalue weighted by atomic mass is 19.3. The quantitative estimate of drug-likeness (QED) is 0.627. The molecule has 6 heteroatoms. The molecule has 80 valence electrons. The van der Waals surface area contributed by atoms with E-state index in [9.17, 15) is 18.4 Å². The molecule has 1 rings (SSSR count). The first kappa shape index (κ1) is 11.0. The molecule has 4 nitrogen and oxygen atoms in total. The van der Waals surface area contributed by atoms with Gasteiger partial charge in [-0.25, -0.2) is 8.78 Å². The summed E-state index contributed by atoms with van der Waals surface area (Å²) in [7, 11) is 0. The molecule has 2 unspecified atom stereocenters. The topological polar surface area (TPSA) is 58.2 Å². The largest absolute Gasteiger partial charge is 0.293 e. The van der Waals surface area contributed by atoms with Crippen molar-refractivity contribution in [2.75, 3.05) is 0 Å². The molecule has 1 fully saturated rings. The van der Waals surface area contributed by atoms with E-state index in [4.69, 9.17) is 0 Å². The number of rotatable bonds is 2. The van der Waals surface area contributed by atoms with Crippen molar-refractivity contribution < 1.29 is 18.4 Å². The van der Waals surface area contributed by atoms with Gasteiger partial charge in [-0.2, -0.15) is 0 Å². The first-order chi connectivity index (χ1) is 6.41. The summed E-state index contributed by atoms with van der Waals surface area (Å²) in [5.41, 5.74) is -1.96. The lowest BCUT2D eigenvalue weighted by molar-refractivity contribution is -0.145. The Morgan fingerprint density at radius 2 is 2.07 bits per heavy atom. The van der Waals surface area contributed by atoms with Crippen LogP contribution in [0.2, 0.25) is 0 Å². The first-order valence-electron chi connectivity index (χ1n) is 4.33. The lowest BCUT2D eigenvalue weighted by Crippen LogP contribution is -2.70. The van der Waals surface area contributed by atoms with E-state index in [0.717, 1.165) is 6.92 Å². The third-order valence-corrected chi connectivity index (χ3v) is 2.34. The lowest BCUT2D eigenvalue weighted by atomic mass is 9.96. The van der Waals surface area contributed by atoms with Crippen LogP contribution in [0.4, 0.5) is 8.78 Å². The second-order valence-electron chi connectivity index (χ2n) is 3.43. The summed E-state index contributed by atoms with van der Waals surface area (Å²) >= 11 is 0. The molecule has 0 aromatic carbocycles. The van der Waals surface area contributed by atoms with Crippen LogP contribution in [0.1, 0.15) is 20.3 Å². The molecule has 2 atom stereocenters. The number of carbonyl (C=O) groups is 2. The zero-order valence-electron chi connectivity index (χ0n) is 7.93. The molecule has 1 saturated heterocycles. The Morgan fingerprint density at radius 3 is 2.50 bits per heavy atom. The van der Waals surface area contributed by atoms with E-state index in [-0.39, 0.29) is 0 Å². The van der Waals surface area contributed by atoms with Gasteiger partial charge in [0.2, 0.25) is 5.91 Å². The Bertz CT molecular complexity index is 270. The fourth-order valence-electron chi connectivity index (χ4n) is 1.27. The molecule has 0 bridgehead atoms. The van der Waals surface area contributed by atoms with Gasteiger partial charge in [0.1, 0.15) is 0 Å². The number of imide groups is 1. The third-order valence-electron chi connectivity index (χ3n) is 2.34. The summed E-state index contributed by atoms with van der Waals surface area (Å²) in [5.74, 6) is -1.52. The van der Waals surface area contributed by atoms with E-state index >= 15 is 0 Å². The lowest BCUT2D eigenvalue weighted by Gasteiger charge is -2.36. The molecule has 0 aliphatic carbocycles. The van der Waals surface area contributed by atoms with Gasteiger partial charge in [-0.15, -0.1) is 0 Å². The fourth-order valence-corrected chi connectivity index (χ4v) is 1.27. The minimum absolute atomic E-state index is 0.363. The van der Waals surface area contributed by atoms with Crippen LogP contribution in [0, 0.1) is 0 Å². The Morgan fingerprint density at radius 1 is 1.50 bits per heavy atom. The SMILES string of the molecule is CCC1NC(C)(C(F)F)C(=O)NC1=O. The van der Waals surface area contributed by atoms with Gasteiger partial charge in [0.05, 0.1) is 6.04 Å². The van der Waals surface area contributed by atoms with Crippen molar-refractivity contribution >= 4 is 11.8 Å². The van der Waals surface area contributed by atoms with Crippen molar-refractivity contribution in [1.82, 2.24) is 10.6 Å². The molecule has 1 heterocycles. The second-order valence-corrected chi connectivity index (χ2v) is 3.43. The third kappa shape index (κ3) is 1.61. The number of nitrogens with one attached hydrogen (secondary N) is 2. The minimum atomic E-state index is -2.84. The molecular weight excluding hydrogens is 194 g/mol. The van der Waals surface area contributed by atoms with Gasteiger partial charge >= 0.3 is 0 Å². The van der Waals surface area contributed by atoms with Crippen LogP contribution in [0.5, 0.6) is 0 Å². The zero-order chi connectivity index (χ0) is 10.9. The average molecular weight is 206 g/mol. The number of carbonyl (C=O) groups excluding carboxylic acids is 2. The Kier molecular flexibility index (Phi) is 2.84. The van der Waals surface area contributed by atoms with Crippen LogP contribution in [0.3, 0.4) is 0 Å². The average Bonchev–Trinajstić information content (AvgIpc) is 2.11. The van der Waals surface area contributed by atoms with Crippen molar-refractivity contribution in [1.29, 1.82) is 0 Å². The molecule has 0 aromatic rings. The van der Waals surface area contributed by atoms with Gasteiger partial charge in [-0.3, -0.25) is 20.2 Å². The predicted molar refractivity (Wildman–Crippen MR) is 44.8 cm³/mol. The summed E-state index contributed by atoms with van der Waals surface area (Å²) in [6.07, 6.45) is -2.48. The number of halogens is 2. The molecule has 0 saturated carbocycles. The highest BCUT2D eigenvalue weighted by Crippen LogP contribution is 2.20. The van der Waals surface area contributed by atoms with Crippen molar-refractivity contribution in [3.8, 4) is 0 Å². The van der Waals surface area contributed by atoms with Gasteiger partial charge in [0, 0.05) is 0 Å². The van der Waals surface area contributed by atoms with Crippen LogP contribution in [0.15, 0.2) is 0 Å². The van der Waals surface area contributed by atoms with Gasteiger partial charge in [0.15, 0.2) is 5.54 Å². The van der Waals surface area contributed by atoms with Crippen LogP contribution in [-0.4, -0.2) is 29.8 Å². The van der Waals surface area contributed by atoms with Crippen LogP contribution >= 0.6 is 0 Å². The van der Waals surface area contributed by atoms with Crippen LogP contribution < -0.4 is 10.6 Å². The van der Waals surface area contributed by atoms with E-state index < -0.39 is 29.8 Å². The van der Waals surface area contributed by atoms with Crippen LogP contribution in [-0.2, 0) is 9.59 Å². The number of piperazine rings is 1. The zero-order valence-corrected chi connectivity index (χ0v) is 7.93. The molecule has 1 aliphatic rings. The summed E-state index contributed by atoms with van der Waals surface area (Å²) in [6, 6.07) is -0.730. The maximum atomic E-state index is 12.6. The van der Waals surface area contributed by atoms with E-state index in [1.54, 1.807) is 6.92 Å². The Labute approximate surface area is 80.0 Å². The van der Waals surface area contributed by atoms with Crippen molar-refractivity contribution in [2.24, 2.45) is 0 Å². The van der Waals surface area contributed by atoms with Crippen LogP contribution in [0.25, 0.3) is 0 Å². The maximum absolute atomic E-state index is 12.6. The van der Waals surface area contributed by atoms with E-state index in [2.05, 4.69) is 5.32 Å². The van der Waals surface area contributed by atoms with Gasteiger partial charge in [-0.05, 0) is 13.3 Å². The number of hydrogen-bond donors (Lipinski definition) is 2. The van der Waals surface area contributed by atoms with Crippen molar-refractivity contribution in [3.63, 3.8) is 0 Å². The number of alkyl halides is 2. The maximum Gasteiger partial charge on any atom is 0.265 e. The summed E-state index contributed by atoms with van der Waals surface area (Å²) in [6.45, 7) is 2.76.